The first-order chi connectivity index (χ1) is 9.62. The highest BCUT2D eigenvalue weighted by molar-refractivity contribution is 5.43. The number of methoxy groups -OCH3 is 2. The van der Waals surface area contributed by atoms with Crippen molar-refractivity contribution in [1.29, 1.82) is 0 Å². The summed E-state index contributed by atoms with van der Waals surface area (Å²) in [7, 11) is 3.13. The monoisotopic (exact) mass is 277 g/mol. The van der Waals surface area contributed by atoms with Gasteiger partial charge in [0, 0.05) is 18.2 Å². The molecule has 0 saturated carbocycles. The lowest BCUT2D eigenvalue weighted by atomic mass is 10.2. The van der Waals surface area contributed by atoms with Crippen LogP contribution in [0, 0.1) is 5.82 Å². The number of rotatable bonds is 5. The molecule has 5 heteroatoms. The highest BCUT2D eigenvalue weighted by Gasteiger charge is 2.05. The van der Waals surface area contributed by atoms with E-state index in [1.54, 1.807) is 38.5 Å². The van der Waals surface area contributed by atoms with E-state index in [0.29, 0.717) is 22.8 Å². The summed E-state index contributed by atoms with van der Waals surface area (Å²) >= 11 is 0. The minimum absolute atomic E-state index is 0.122. The smallest absolute Gasteiger partial charge is 0.146 e. The Labute approximate surface area is 116 Å². The standard InChI is InChI=1S/C15H16FNO3/c1-18-11-6-12(19-2)8-13(7-11)20-9-10-3-4-15(17)14(16)5-10/h3-8H,9,17H2,1-2H3. The van der Waals surface area contributed by atoms with Gasteiger partial charge in [-0.25, -0.2) is 4.39 Å². The van der Waals surface area contributed by atoms with Crippen LogP contribution < -0.4 is 19.9 Å². The molecular weight excluding hydrogens is 261 g/mol. The van der Waals surface area contributed by atoms with Gasteiger partial charge < -0.3 is 19.9 Å². The van der Waals surface area contributed by atoms with Crippen molar-refractivity contribution in [2.75, 3.05) is 20.0 Å². The fourth-order valence-corrected chi connectivity index (χ4v) is 1.69. The topological polar surface area (TPSA) is 53.7 Å². The SMILES string of the molecule is COc1cc(OC)cc(OCc2ccc(N)c(F)c2)c1. The first kappa shape index (κ1) is 14.0. The summed E-state index contributed by atoms with van der Waals surface area (Å²) in [6.45, 7) is 0.230. The lowest BCUT2D eigenvalue weighted by Crippen LogP contribution is -1.99. The predicted octanol–water partition coefficient (Wildman–Crippen LogP) is 3.00. The number of ether oxygens (including phenoxy) is 3. The van der Waals surface area contributed by atoms with Crippen molar-refractivity contribution >= 4 is 5.69 Å². The minimum atomic E-state index is -0.450. The number of halogens is 1. The van der Waals surface area contributed by atoms with Crippen molar-refractivity contribution in [1.82, 2.24) is 0 Å². The van der Waals surface area contributed by atoms with Gasteiger partial charge in [0.25, 0.3) is 0 Å². The number of nitrogens with two attached hydrogens (primary N) is 1. The van der Waals surface area contributed by atoms with Crippen molar-refractivity contribution in [2.24, 2.45) is 0 Å². The molecule has 4 nitrogen and oxygen atoms in total. The van der Waals surface area contributed by atoms with E-state index in [2.05, 4.69) is 0 Å². The molecule has 2 rings (SSSR count). The minimum Gasteiger partial charge on any atom is -0.496 e. The molecule has 0 unspecified atom stereocenters. The van der Waals surface area contributed by atoms with Gasteiger partial charge in [-0.05, 0) is 17.7 Å². The number of benzene rings is 2. The predicted molar refractivity (Wildman–Crippen MR) is 74.7 cm³/mol. The summed E-state index contributed by atoms with van der Waals surface area (Å²) in [6.07, 6.45) is 0. The van der Waals surface area contributed by atoms with E-state index in [4.69, 9.17) is 19.9 Å². The van der Waals surface area contributed by atoms with Crippen LogP contribution in [0.3, 0.4) is 0 Å². The quantitative estimate of drug-likeness (QED) is 0.854. The van der Waals surface area contributed by atoms with Gasteiger partial charge in [0.1, 0.15) is 29.7 Å². The lowest BCUT2D eigenvalue weighted by molar-refractivity contribution is 0.300. The molecule has 0 saturated heterocycles. The van der Waals surface area contributed by atoms with Gasteiger partial charge in [-0.2, -0.15) is 0 Å². The molecule has 0 aromatic heterocycles. The van der Waals surface area contributed by atoms with Gasteiger partial charge in [-0.3, -0.25) is 0 Å². The Balaban J connectivity index is 2.11. The molecule has 0 atom stereocenters. The number of anilines is 1. The zero-order valence-corrected chi connectivity index (χ0v) is 11.4. The maximum atomic E-state index is 13.3. The molecule has 0 amide bonds. The van der Waals surface area contributed by atoms with E-state index in [9.17, 15) is 4.39 Å². The largest absolute Gasteiger partial charge is 0.496 e. The van der Waals surface area contributed by atoms with Crippen molar-refractivity contribution in [2.45, 2.75) is 6.61 Å². The Kier molecular flexibility index (Phi) is 4.30. The average molecular weight is 277 g/mol. The van der Waals surface area contributed by atoms with Crippen LogP contribution in [0.2, 0.25) is 0 Å². The van der Waals surface area contributed by atoms with Crippen molar-refractivity contribution < 1.29 is 18.6 Å². The molecule has 0 bridgehead atoms. The van der Waals surface area contributed by atoms with Gasteiger partial charge >= 0.3 is 0 Å². The van der Waals surface area contributed by atoms with Crippen LogP contribution in [0.15, 0.2) is 36.4 Å². The normalized spacial score (nSPS) is 10.2. The third-order valence-electron chi connectivity index (χ3n) is 2.80. The van der Waals surface area contributed by atoms with Gasteiger partial charge in [0.05, 0.1) is 19.9 Å². The van der Waals surface area contributed by atoms with Crippen LogP contribution >= 0.6 is 0 Å². The molecule has 0 aliphatic rings. The molecule has 106 valence electrons. The first-order valence-electron chi connectivity index (χ1n) is 6.02. The van der Waals surface area contributed by atoms with Crippen LogP contribution in [-0.2, 0) is 6.61 Å². The van der Waals surface area contributed by atoms with Gasteiger partial charge in [-0.15, -0.1) is 0 Å². The third-order valence-corrected chi connectivity index (χ3v) is 2.80. The second kappa shape index (κ2) is 6.14. The van der Waals surface area contributed by atoms with E-state index >= 15 is 0 Å². The fraction of sp³-hybridized carbons (Fsp3) is 0.200. The van der Waals surface area contributed by atoms with Crippen LogP contribution in [-0.4, -0.2) is 14.2 Å². The molecule has 0 fully saturated rings. The summed E-state index contributed by atoms with van der Waals surface area (Å²) < 4.78 is 29.2. The van der Waals surface area contributed by atoms with E-state index in [1.165, 1.54) is 12.1 Å². The fourth-order valence-electron chi connectivity index (χ4n) is 1.69. The molecule has 0 aliphatic heterocycles. The van der Waals surface area contributed by atoms with Crippen molar-refractivity contribution in [3.63, 3.8) is 0 Å². The third kappa shape index (κ3) is 3.32. The first-order valence-corrected chi connectivity index (χ1v) is 6.02. The van der Waals surface area contributed by atoms with Gasteiger partial charge in [0.2, 0.25) is 0 Å². The Hall–Kier alpha value is -2.43. The number of hydrogen-bond acceptors (Lipinski definition) is 4. The summed E-state index contributed by atoms with van der Waals surface area (Å²) in [4.78, 5) is 0. The Morgan fingerprint density at radius 1 is 0.950 bits per heavy atom. The Bertz CT molecular complexity index is 579. The molecule has 0 heterocycles. The van der Waals surface area contributed by atoms with Gasteiger partial charge in [-0.1, -0.05) is 6.07 Å². The summed E-state index contributed by atoms with van der Waals surface area (Å²) in [6, 6.07) is 9.80. The number of hydrogen-bond donors (Lipinski definition) is 1. The summed E-state index contributed by atoms with van der Waals surface area (Å²) in [5, 5.41) is 0. The molecule has 2 aromatic carbocycles. The highest BCUT2D eigenvalue weighted by atomic mass is 19.1. The van der Waals surface area contributed by atoms with Crippen molar-refractivity contribution in [3.8, 4) is 17.2 Å². The zero-order chi connectivity index (χ0) is 14.5. The second-order valence-corrected chi connectivity index (χ2v) is 4.19. The second-order valence-electron chi connectivity index (χ2n) is 4.19. The van der Waals surface area contributed by atoms with E-state index in [-0.39, 0.29) is 12.3 Å². The molecular formula is C15H16FNO3. The Morgan fingerprint density at radius 2 is 1.55 bits per heavy atom. The molecule has 0 aliphatic carbocycles. The lowest BCUT2D eigenvalue weighted by Gasteiger charge is -2.10. The van der Waals surface area contributed by atoms with Crippen LogP contribution in [0.1, 0.15) is 5.56 Å². The number of nitrogen functional groups attached to an aromatic ring is 1. The average Bonchev–Trinajstić information content (AvgIpc) is 2.48. The molecule has 20 heavy (non-hydrogen) atoms. The maximum Gasteiger partial charge on any atom is 0.146 e. The van der Waals surface area contributed by atoms with Crippen LogP contribution in [0.5, 0.6) is 17.2 Å². The van der Waals surface area contributed by atoms with Gasteiger partial charge in [0.15, 0.2) is 0 Å². The van der Waals surface area contributed by atoms with Crippen molar-refractivity contribution in [3.05, 3.63) is 47.8 Å². The van der Waals surface area contributed by atoms with E-state index in [0.717, 1.165) is 0 Å². The Morgan fingerprint density at radius 3 is 2.10 bits per heavy atom. The summed E-state index contributed by atoms with van der Waals surface area (Å²) in [5.74, 6) is 1.39. The van der Waals surface area contributed by atoms with E-state index in [1.807, 2.05) is 0 Å². The molecule has 2 N–H and O–H groups in total. The van der Waals surface area contributed by atoms with Crippen LogP contribution in [0.4, 0.5) is 10.1 Å². The van der Waals surface area contributed by atoms with E-state index < -0.39 is 5.82 Å². The molecule has 0 radical (unpaired) electrons. The molecule has 0 spiro atoms. The zero-order valence-electron chi connectivity index (χ0n) is 11.4. The molecule has 2 aromatic rings. The summed E-state index contributed by atoms with van der Waals surface area (Å²) in [5.41, 5.74) is 6.24. The highest BCUT2D eigenvalue weighted by Crippen LogP contribution is 2.28. The van der Waals surface area contributed by atoms with Crippen LogP contribution in [0.25, 0.3) is 0 Å². The maximum absolute atomic E-state index is 13.3.